The molecule has 0 N–H and O–H groups in total. The van der Waals surface area contributed by atoms with Gasteiger partial charge in [-0.15, -0.1) is 5.10 Å². The molecular weight excluding hydrogens is 318 g/mol. The van der Waals surface area contributed by atoms with E-state index < -0.39 is 0 Å². The molecule has 3 rings (SSSR count). The molecule has 1 aliphatic heterocycles. The average molecular weight is 341 g/mol. The summed E-state index contributed by atoms with van der Waals surface area (Å²) < 4.78 is 5.32. The van der Waals surface area contributed by atoms with Crippen molar-refractivity contribution in [3.05, 3.63) is 28.5 Å². The molecule has 0 amide bonds. The molecule has 0 atom stereocenters. The Balaban J connectivity index is 1.64. The highest BCUT2D eigenvalue weighted by Gasteiger charge is 2.23. The lowest BCUT2D eigenvalue weighted by Crippen LogP contribution is -2.46. The van der Waals surface area contributed by atoms with Crippen molar-refractivity contribution in [1.82, 2.24) is 25.2 Å². The lowest BCUT2D eigenvalue weighted by Gasteiger charge is -2.34. The quantitative estimate of drug-likeness (QED) is 0.830. The maximum atomic E-state index is 9.47. The van der Waals surface area contributed by atoms with Gasteiger partial charge < -0.3 is 9.42 Å². The van der Waals surface area contributed by atoms with Crippen LogP contribution in [0.3, 0.4) is 0 Å². The van der Waals surface area contributed by atoms with Gasteiger partial charge in [-0.05, 0) is 19.4 Å². The minimum Gasteiger partial charge on any atom is -0.351 e. The Hall–Kier alpha value is -2.53. The van der Waals surface area contributed by atoms with Crippen LogP contribution in [0.15, 0.2) is 4.52 Å². The van der Waals surface area contributed by atoms with Crippen molar-refractivity contribution in [2.24, 2.45) is 0 Å². The Morgan fingerprint density at radius 3 is 2.48 bits per heavy atom. The standard InChI is InChI=1S/C17H23N7O/c1-11(2)16-19-15(25-22-16)10-23-5-7-24(8-6-23)17-14(9-18)12(3)13(4)20-21-17/h11H,5-8,10H2,1-4H3. The molecule has 0 aromatic carbocycles. The van der Waals surface area contributed by atoms with Gasteiger partial charge in [0.2, 0.25) is 5.89 Å². The van der Waals surface area contributed by atoms with E-state index in [1.807, 2.05) is 27.7 Å². The highest BCUT2D eigenvalue weighted by molar-refractivity contribution is 5.57. The Bertz CT molecular complexity index is 785. The summed E-state index contributed by atoms with van der Waals surface area (Å²) in [7, 11) is 0. The van der Waals surface area contributed by atoms with Gasteiger partial charge in [0.25, 0.3) is 0 Å². The first-order valence-electron chi connectivity index (χ1n) is 8.53. The lowest BCUT2D eigenvalue weighted by molar-refractivity contribution is 0.214. The van der Waals surface area contributed by atoms with E-state index in [1.165, 1.54) is 0 Å². The number of hydrogen-bond donors (Lipinski definition) is 0. The summed E-state index contributed by atoms with van der Waals surface area (Å²) in [5.41, 5.74) is 2.33. The molecule has 0 spiro atoms. The zero-order valence-electron chi connectivity index (χ0n) is 15.2. The van der Waals surface area contributed by atoms with Crippen molar-refractivity contribution in [2.75, 3.05) is 31.1 Å². The average Bonchev–Trinajstić information content (AvgIpc) is 3.07. The van der Waals surface area contributed by atoms with Crippen LogP contribution in [0.5, 0.6) is 0 Å². The van der Waals surface area contributed by atoms with Crippen LogP contribution in [-0.4, -0.2) is 51.4 Å². The summed E-state index contributed by atoms with van der Waals surface area (Å²) in [6, 6.07) is 2.28. The summed E-state index contributed by atoms with van der Waals surface area (Å²) >= 11 is 0. The number of nitrogens with zero attached hydrogens (tertiary/aromatic N) is 7. The molecule has 2 aromatic heterocycles. The van der Waals surface area contributed by atoms with Crippen molar-refractivity contribution in [1.29, 1.82) is 5.26 Å². The molecule has 8 heteroatoms. The number of anilines is 1. The number of rotatable bonds is 4. The van der Waals surface area contributed by atoms with E-state index in [9.17, 15) is 5.26 Å². The number of aromatic nitrogens is 4. The van der Waals surface area contributed by atoms with E-state index in [4.69, 9.17) is 4.52 Å². The Morgan fingerprint density at radius 2 is 1.88 bits per heavy atom. The normalized spacial score (nSPS) is 15.6. The molecule has 0 radical (unpaired) electrons. The second-order valence-corrected chi connectivity index (χ2v) is 6.69. The largest absolute Gasteiger partial charge is 0.351 e. The van der Waals surface area contributed by atoms with Crippen molar-refractivity contribution in [3.8, 4) is 6.07 Å². The van der Waals surface area contributed by atoms with Gasteiger partial charge in [-0.3, -0.25) is 4.90 Å². The molecule has 0 aliphatic carbocycles. The van der Waals surface area contributed by atoms with Crippen LogP contribution in [0.1, 0.15) is 48.3 Å². The highest BCUT2D eigenvalue weighted by Crippen LogP contribution is 2.22. The van der Waals surface area contributed by atoms with Crippen molar-refractivity contribution >= 4 is 5.82 Å². The maximum absolute atomic E-state index is 9.47. The molecule has 132 valence electrons. The van der Waals surface area contributed by atoms with Gasteiger partial charge in [-0.2, -0.15) is 15.3 Å². The first kappa shape index (κ1) is 17.3. The summed E-state index contributed by atoms with van der Waals surface area (Å²) in [4.78, 5) is 8.83. The highest BCUT2D eigenvalue weighted by atomic mass is 16.5. The summed E-state index contributed by atoms with van der Waals surface area (Å²) in [5.74, 6) is 2.35. The molecule has 2 aromatic rings. The van der Waals surface area contributed by atoms with Crippen LogP contribution in [0.4, 0.5) is 5.82 Å². The fourth-order valence-electron chi connectivity index (χ4n) is 2.83. The first-order chi connectivity index (χ1) is 12.0. The third kappa shape index (κ3) is 3.61. The topological polar surface area (TPSA) is 95.0 Å². The first-order valence-corrected chi connectivity index (χ1v) is 8.53. The fourth-order valence-corrected chi connectivity index (χ4v) is 2.83. The molecule has 3 heterocycles. The third-order valence-corrected chi connectivity index (χ3v) is 4.58. The van der Waals surface area contributed by atoms with Gasteiger partial charge in [0, 0.05) is 32.1 Å². The summed E-state index contributed by atoms with van der Waals surface area (Å²) in [6.45, 7) is 11.8. The molecule has 0 unspecified atom stereocenters. The van der Waals surface area contributed by atoms with Crippen LogP contribution in [0.25, 0.3) is 0 Å². The SMILES string of the molecule is Cc1nnc(N2CCN(Cc3nc(C(C)C)no3)CC2)c(C#N)c1C. The van der Waals surface area contributed by atoms with Crippen molar-refractivity contribution < 1.29 is 4.52 Å². The van der Waals surface area contributed by atoms with E-state index in [1.54, 1.807) is 0 Å². The fraction of sp³-hybridized carbons (Fsp3) is 0.588. The molecule has 1 fully saturated rings. The zero-order valence-corrected chi connectivity index (χ0v) is 15.2. The van der Waals surface area contributed by atoms with Crippen LogP contribution >= 0.6 is 0 Å². The molecule has 0 saturated carbocycles. The monoisotopic (exact) mass is 341 g/mol. The smallest absolute Gasteiger partial charge is 0.240 e. The van der Waals surface area contributed by atoms with E-state index in [0.29, 0.717) is 23.8 Å². The zero-order chi connectivity index (χ0) is 18.0. The number of piperazine rings is 1. The van der Waals surface area contributed by atoms with Crippen LogP contribution in [0.2, 0.25) is 0 Å². The maximum Gasteiger partial charge on any atom is 0.240 e. The molecule has 8 nitrogen and oxygen atoms in total. The third-order valence-electron chi connectivity index (χ3n) is 4.58. The molecule has 1 saturated heterocycles. The predicted octanol–water partition coefficient (Wildman–Crippen LogP) is 1.79. The van der Waals surface area contributed by atoms with E-state index >= 15 is 0 Å². The van der Waals surface area contributed by atoms with Crippen LogP contribution < -0.4 is 4.90 Å². The minimum atomic E-state index is 0.266. The van der Waals surface area contributed by atoms with Gasteiger partial charge in [-0.25, -0.2) is 0 Å². The molecule has 1 aliphatic rings. The van der Waals surface area contributed by atoms with E-state index in [-0.39, 0.29) is 5.92 Å². The second kappa shape index (κ2) is 7.15. The van der Waals surface area contributed by atoms with Crippen LogP contribution in [0, 0.1) is 25.2 Å². The number of hydrogen-bond acceptors (Lipinski definition) is 8. The minimum absolute atomic E-state index is 0.266. The van der Waals surface area contributed by atoms with Gasteiger partial charge in [0.15, 0.2) is 11.6 Å². The summed E-state index contributed by atoms with van der Waals surface area (Å²) in [5, 5.41) is 21.9. The second-order valence-electron chi connectivity index (χ2n) is 6.69. The molecule has 25 heavy (non-hydrogen) atoms. The van der Waals surface area contributed by atoms with Crippen LogP contribution in [-0.2, 0) is 6.54 Å². The predicted molar refractivity (Wildman–Crippen MR) is 92.1 cm³/mol. The lowest BCUT2D eigenvalue weighted by atomic mass is 10.1. The van der Waals surface area contributed by atoms with Gasteiger partial charge in [0.1, 0.15) is 11.6 Å². The van der Waals surface area contributed by atoms with Gasteiger partial charge >= 0.3 is 0 Å². The van der Waals surface area contributed by atoms with Gasteiger partial charge in [-0.1, -0.05) is 19.0 Å². The summed E-state index contributed by atoms with van der Waals surface area (Å²) in [6.07, 6.45) is 0. The molecular formula is C17H23N7O. The van der Waals surface area contributed by atoms with Crippen molar-refractivity contribution in [3.63, 3.8) is 0 Å². The number of nitriles is 1. The van der Waals surface area contributed by atoms with Gasteiger partial charge in [0.05, 0.1) is 12.2 Å². The number of aryl methyl sites for hydroxylation is 1. The van der Waals surface area contributed by atoms with E-state index in [0.717, 1.165) is 43.3 Å². The van der Waals surface area contributed by atoms with E-state index in [2.05, 4.69) is 36.2 Å². The Kier molecular flexibility index (Phi) is 4.95. The molecule has 0 bridgehead atoms. The Labute approximate surface area is 147 Å². The van der Waals surface area contributed by atoms with Crippen molar-refractivity contribution in [2.45, 2.75) is 40.2 Å². The Morgan fingerprint density at radius 1 is 1.16 bits per heavy atom.